The second kappa shape index (κ2) is 5.40. The summed E-state index contributed by atoms with van der Waals surface area (Å²) in [6.45, 7) is 3.14. The molecule has 7 heteroatoms. The molecule has 1 aromatic heterocycles. The monoisotopic (exact) mass is 265 g/mol. The molecular weight excluding hydrogens is 246 g/mol. The zero-order valence-corrected chi connectivity index (χ0v) is 11.1. The van der Waals surface area contributed by atoms with Crippen molar-refractivity contribution in [3.8, 4) is 0 Å². The molecule has 104 valence electrons. The van der Waals surface area contributed by atoms with E-state index < -0.39 is 6.04 Å². The molecule has 1 aliphatic carbocycles. The Morgan fingerprint density at radius 3 is 2.79 bits per heavy atom. The van der Waals surface area contributed by atoms with Crippen molar-refractivity contribution in [1.29, 1.82) is 0 Å². The minimum Gasteiger partial charge on any atom is -0.354 e. The van der Waals surface area contributed by atoms with Crippen LogP contribution in [0.25, 0.3) is 0 Å². The maximum absolute atomic E-state index is 11.4. The first kappa shape index (κ1) is 13.5. The van der Waals surface area contributed by atoms with Gasteiger partial charge in [0.05, 0.1) is 11.7 Å². The fourth-order valence-electron chi connectivity index (χ4n) is 2.12. The van der Waals surface area contributed by atoms with E-state index in [1.165, 1.54) is 6.92 Å². The number of hydrogen-bond acceptors (Lipinski definition) is 4. The Kier molecular flexibility index (Phi) is 3.84. The highest BCUT2D eigenvalue weighted by atomic mass is 16.2. The highest BCUT2D eigenvalue weighted by Crippen LogP contribution is 2.36. The van der Waals surface area contributed by atoms with Crippen LogP contribution >= 0.6 is 0 Å². The molecule has 0 unspecified atom stereocenters. The summed E-state index contributed by atoms with van der Waals surface area (Å²) in [6, 6.07) is 1.50. The molecule has 0 bridgehead atoms. The fourth-order valence-corrected chi connectivity index (χ4v) is 2.12. The van der Waals surface area contributed by atoms with Crippen molar-refractivity contribution in [1.82, 2.24) is 15.5 Å². The summed E-state index contributed by atoms with van der Waals surface area (Å²) in [5.74, 6) is 0.629. The van der Waals surface area contributed by atoms with E-state index in [-0.39, 0.29) is 17.9 Å². The predicted octanol–water partition coefficient (Wildman–Crippen LogP) is 0.0775. The van der Waals surface area contributed by atoms with Gasteiger partial charge in [-0.05, 0) is 19.8 Å². The second-order valence-electron chi connectivity index (χ2n) is 5.05. The van der Waals surface area contributed by atoms with Crippen molar-refractivity contribution in [2.75, 3.05) is 5.32 Å². The van der Waals surface area contributed by atoms with Crippen molar-refractivity contribution in [2.24, 2.45) is 5.73 Å². The fraction of sp³-hybridized carbons (Fsp3) is 0.583. The van der Waals surface area contributed by atoms with E-state index in [1.807, 2.05) is 6.07 Å². The normalized spacial score (nSPS) is 23.3. The standard InChI is InChI=1S/C12H19N5O2/c1-6(13)12(19)15-11-5-10(16-17-11)8-3-9(4-8)14-7(2)18/h5-6,8-9H,3-4,13H2,1-2H3,(H,14,18)(H2,15,16,17,19)/t6-,8-,9+/m1/s1. The van der Waals surface area contributed by atoms with Gasteiger partial charge in [-0.15, -0.1) is 0 Å². The molecule has 1 aliphatic rings. The van der Waals surface area contributed by atoms with Gasteiger partial charge in [0.2, 0.25) is 11.8 Å². The van der Waals surface area contributed by atoms with E-state index in [4.69, 9.17) is 5.73 Å². The number of nitrogens with one attached hydrogen (secondary N) is 3. The minimum absolute atomic E-state index is 0.00429. The molecule has 5 N–H and O–H groups in total. The molecular formula is C12H19N5O2. The topological polar surface area (TPSA) is 113 Å². The second-order valence-corrected chi connectivity index (χ2v) is 5.05. The molecule has 2 amide bonds. The van der Waals surface area contributed by atoms with Gasteiger partial charge in [0.1, 0.15) is 5.82 Å². The van der Waals surface area contributed by atoms with Crippen LogP contribution in [0.2, 0.25) is 0 Å². The van der Waals surface area contributed by atoms with Crippen molar-refractivity contribution in [3.05, 3.63) is 11.8 Å². The molecule has 1 aromatic rings. The van der Waals surface area contributed by atoms with E-state index in [0.29, 0.717) is 11.7 Å². The third kappa shape index (κ3) is 3.31. The third-order valence-corrected chi connectivity index (χ3v) is 3.23. The average molecular weight is 265 g/mol. The Morgan fingerprint density at radius 1 is 1.53 bits per heavy atom. The zero-order valence-electron chi connectivity index (χ0n) is 11.1. The van der Waals surface area contributed by atoms with Crippen molar-refractivity contribution in [3.63, 3.8) is 0 Å². The zero-order chi connectivity index (χ0) is 14.0. The van der Waals surface area contributed by atoms with E-state index in [0.717, 1.165) is 18.5 Å². The van der Waals surface area contributed by atoms with Gasteiger partial charge >= 0.3 is 0 Å². The third-order valence-electron chi connectivity index (χ3n) is 3.23. The summed E-state index contributed by atoms with van der Waals surface area (Å²) in [5.41, 5.74) is 6.37. The van der Waals surface area contributed by atoms with E-state index >= 15 is 0 Å². The van der Waals surface area contributed by atoms with Crippen LogP contribution in [0.1, 0.15) is 38.3 Å². The number of nitrogens with zero attached hydrogens (tertiary/aromatic N) is 1. The van der Waals surface area contributed by atoms with Crippen LogP contribution in [0, 0.1) is 0 Å². The SMILES string of the molecule is CC(=O)N[C@H]1C[C@@H](c2cc(NC(=O)[C@@H](C)N)[nH]n2)C1. The molecule has 0 spiro atoms. The number of H-pyrrole nitrogens is 1. The van der Waals surface area contributed by atoms with Gasteiger partial charge in [-0.3, -0.25) is 14.7 Å². The maximum atomic E-state index is 11.4. The molecule has 0 aromatic carbocycles. The summed E-state index contributed by atoms with van der Waals surface area (Å²) in [7, 11) is 0. The first-order chi connectivity index (χ1) is 8.95. The summed E-state index contributed by atoms with van der Waals surface area (Å²) >= 11 is 0. The lowest BCUT2D eigenvalue weighted by Gasteiger charge is -2.34. The molecule has 7 nitrogen and oxygen atoms in total. The number of anilines is 1. The van der Waals surface area contributed by atoms with Gasteiger partial charge in [0, 0.05) is 24.9 Å². The summed E-state index contributed by atoms with van der Waals surface area (Å²) < 4.78 is 0. The summed E-state index contributed by atoms with van der Waals surface area (Å²) in [6.07, 6.45) is 1.76. The number of nitrogens with two attached hydrogens (primary N) is 1. The van der Waals surface area contributed by atoms with Gasteiger partial charge in [-0.1, -0.05) is 0 Å². The maximum Gasteiger partial charge on any atom is 0.242 e. The van der Waals surface area contributed by atoms with Crippen LogP contribution in [-0.4, -0.2) is 34.1 Å². The van der Waals surface area contributed by atoms with Gasteiger partial charge in [0.15, 0.2) is 0 Å². The Hall–Kier alpha value is -1.89. The first-order valence-electron chi connectivity index (χ1n) is 6.34. The molecule has 0 aliphatic heterocycles. The van der Waals surface area contributed by atoms with Crippen LogP contribution in [0.4, 0.5) is 5.82 Å². The lowest BCUT2D eigenvalue weighted by molar-refractivity contribution is -0.120. The Morgan fingerprint density at radius 2 is 2.21 bits per heavy atom. The van der Waals surface area contributed by atoms with E-state index in [1.54, 1.807) is 6.92 Å². The smallest absolute Gasteiger partial charge is 0.242 e. The van der Waals surface area contributed by atoms with E-state index in [9.17, 15) is 9.59 Å². The Balaban J connectivity index is 1.86. The molecule has 0 radical (unpaired) electrons. The minimum atomic E-state index is -0.556. The molecule has 0 saturated heterocycles. The van der Waals surface area contributed by atoms with E-state index in [2.05, 4.69) is 20.8 Å². The lowest BCUT2D eigenvalue weighted by atomic mass is 9.78. The highest BCUT2D eigenvalue weighted by molar-refractivity contribution is 5.93. The number of rotatable bonds is 4. The molecule has 2 rings (SSSR count). The predicted molar refractivity (Wildman–Crippen MR) is 70.4 cm³/mol. The van der Waals surface area contributed by atoms with Gasteiger partial charge in [-0.25, -0.2) is 0 Å². The van der Waals surface area contributed by atoms with Crippen LogP contribution in [0.3, 0.4) is 0 Å². The van der Waals surface area contributed by atoms with Gasteiger partial charge in [0.25, 0.3) is 0 Å². The van der Waals surface area contributed by atoms with Gasteiger partial charge in [-0.2, -0.15) is 5.10 Å². The van der Waals surface area contributed by atoms with Crippen LogP contribution in [0.5, 0.6) is 0 Å². The van der Waals surface area contributed by atoms with Crippen LogP contribution < -0.4 is 16.4 Å². The molecule has 1 saturated carbocycles. The number of carbonyl (C=O) groups excluding carboxylic acids is 2. The van der Waals surface area contributed by atoms with Crippen molar-refractivity contribution in [2.45, 2.75) is 44.7 Å². The number of aromatic amines is 1. The Labute approximate surface area is 111 Å². The lowest BCUT2D eigenvalue weighted by Crippen LogP contribution is -2.42. The molecule has 1 atom stereocenters. The summed E-state index contributed by atoms with van der Waals surface area (Å²) in [4.78, 5) is 22.3. The first-order valence-corrected chi connectivity index (χ1v) is 6.34. The largest absolute Gasteiger partial charge is 0.354 e. The number of hydrogen-bond donors (Lipinski definition) is 4. The number of carbonyl (C=O) groups is 2. The molecule has 1 fully saturated rings. The van der Waals surface area contributed by atoms with Crippen LogP contribution in [-0.2, 0) is 9.59 Å². The van der Waals surface area contributed by atoms with Gasteiger partial charge < -0.3 is 16.4 Å². The van der Waals surface area contributed by atoms with Crippen molar-refractivity contribution < 1.29 is 9.59 Å². The number of amides is 2. The molecule has 1 heterocycles. The highest BCUT2D eigenvalue weighted by Gasteiger charge is 2.32. The average Bonchev–Trinajstić information content (AvgIpc) is 2.70. The quantitative estimate of drug-likeness (QED) is 0.617. The summed E-state index contributed by atoms with van der Waals surface area (Å²) in [5, 5.41) is 12.5. The molecule has 19 heavy (non-hydrogen) atoms. The van der Waals surface area contributed by atoms with Crippen molar-refractivity contribution >= 4 is 17.6 Å². The number of aromatic nitrogens is 2. The van der Waals surface area contributed by atoms with Crippen LogP contribution in [0.15, 0.2) is 6.07 Å². The Bertz CT molecular complexity index is 476.